The number of benzene rings is 1. The third kappa shape index (κ3) is 4.63. The summed E-state index contributed by atoms with van der Waals surface area (Å²) in [7, 11) is 1.34. The molecule has 0 aromatic heterocycles. The Bertz CT molecular complexity index is 421. The highest BCUT2D eigenvalue weighted by molar-refractivity contribution is 5.53. The van der Waals surface area contributed by atoms with Crippen molar-refractivity contribution in [2.24, 2.45) is 0 Å². The summed E-state index contributed by atoms with van der Waals surface area (Å²) in [4.78, 5) is 1.06. The van der Waals surface area contributed by atoms with Crippen LogP contribution in [0.15, 0.2) is 18.2 Å². The quantitative estimate of drug-likeness (QED) is 0.867. The summed E-state index contributed by atoms with van der Waals surface area (Å²) in [5.74, 6) is -0.0000236. The molecule has 0 heterocycles. The van der Waals surface area contributed by atoms with Crippen molar-refractivity contribution < 1.29 is 18.3 Å². The van der Waals surface area contributed by atoms with Gasteiger partial charge in [-0.15, -0.1) is 0 Å². The fourth-order valence-electron chi connectivity index (χ4n) is 1.91. The Morgan fingerprint density at radius 1 is 1.37 bits per heavy atom. The molecule has 2 N–H and O–H groups in total. The van der Waals surface area contributed by atoms with E-state index in [0.29, 0.717) is 11.3 Å². The van der Waals surface area contributed by atoms with Crippen LogP contribution in [0, 0.1) is 0 Å². The Kier molecular flexibility index (Phi) is 5.05. The van der Waals surface area contributed by atoms with E-state index >= 15 is 0 Å². The van der Waals surface area contributed by atoms with Crippen LogP contribution in [0.2, 0.25) is 0 Å². The molecule has 0 aliphatic rings. The molecule has 0 aliphatic carbocycles. The first-order valence-corrected chi connectivity index (χ1v) is 6.08. The van der Waals surface area contributed by atoms with E-state index in [9.17, 15) is 18.3 Å². The number of phenolic OH excluding ortho intramolecular Hbond substituents is 1. The number of rotatable bonds is 5. The van der Waals surface area contributed by atoms with Gasteiger partial charge >= 0.3 is 6.18 Å². The minimum Gasteiger partial charge on any atom is -0.508 e. The largest absolute Gasteiger partial charge is 0.508 e. The molecule has 1 unspecified atom stereocenters. The minimum atomic E-state index is -4.26. The van der Waals surface area contributed by atoms with Gasteiger partial charge in [0, 0.05) is 30.4 Å². The Morgan fingerprint density at radius 2 is 2.00 bits per heavy atom. The summed E-state index contributed by atoms with van der Waals surface area (Å²) >= 11 is 0. The molecule has 0 spiro atoms. The third-order valence-corrected chi connectivity index (χ3v) is 2.85. The number of aromatic hydroxyl groups is 1. The van der Waals surface area contributed by atoms with E-state index in [-0.39, 0.29) is 11.8 Å². The van der Waals surface area contributed by atoms with Gasteiger partial charge in [-0.05, 0) is 19.5 Å². The standard InChI is InChI=1S/C13H19F3N2O/c1-4-17-9(2)11-6-5-10(7-12(11)19)18(3)8-13(14,15)16/h5-7,9,17,19H,4,8H2,1-3H3. The van der Waals surface area contributed by atoms with Gasteiger partial charge < -0.3 is 15.3 Å². The predicted molar refractivity (Wildman–Crippen MR) is 69.5 cm³/mol. The fourth-order valence-corrected chi connectivity index (χ4v) is 1.91. The second-order valence-corrected chi connectivity index (χ2v) is 4.49. The molecule has 0 amide bonds. The van der Waals surface area contributed by atoms with Crippen molar-refractivity contribution in [3.63, 3.8) is 0 Å². The SMILES string of the molecule is CCNC(C)c1ccc(N(C)CC(F)(F)F)cc1O. The second-order valence-electron chi connectivity index (χ2n) is 4.49. The van der Waals surface area contributed by atoms with Crippen molar-refractivity contribution in [1.29, 1.82) is 0 Å². The average Bonchev–Trinajstić information content (AvgIpc) is 2.26. The number of nitrogens with one attached hydrogen (secondary N) is 1. The van der Waals surface area contributed by atoms with Crippen LogP contribution in [-0.2, 0) is 0 Å². The van der Waals surface area contributed by atoms with E-state index < -0.39 is 12.7 Å². The highest BCUT2D eigenvalue weighted by atomic mass is 19.4. The summed E-state index contributed by atoms with van der Waals surface area (Å²) in [6.07, 6.45) is -4.26. The first-order valence-electron chi connectivity index (χ1n) is 6.08. The molecule has 0 fully saturated rings. The van der Waals surface area contributed by atoms with Crippen LogP contribution < -0.4 is 10.2 Å². The maximum atomic E-state index is 12.3. The lowest BCUT2D eigenvalue weighted by Gasteiger charge is -2.22. The number of alkyl halides is 3. The summed E-state index contributed by atoms with van der Waals surface area (Å²) < 4.78 is 36.9. The molecule has 1 rings (SSSR count). The Hall–Kier alpha value is -1.43. The smallest absolute Gasteiger partial charge is 0.405 e. The van der Waals surface area contributed by atoms with Crippen molar-refractivity contribution in [2.75, 3.05) is 25.0 Å². The molecule has 1 atom stereocenters. The van der Waals surface area contributed by atoms with Crippen molar-refractivity contribution >= 4 is 5.69 Å². The number of nitrogens with zero attached hydrogens (tertiary/aromatic N) is 1. The molecule has 0 radical (unpaired) electrons. The molecule has 0 bridgehead atoms. The van der Waals surface area contributed by atoms with Crippen molar-refractivity contribution in [2.45, 2.75) is 26.1 Å². The van der Waals surface area contributed by atoms with Crippen LogP contribution in [0.4, 0.5) is 18.9 Å². The van der Waals surface area contributed by atoms with E-state index in [2.05, 4.69) is 5.32 Å². The van der Waals surface area contributed by atoms with Gasteiger partial charge in [0.1, 0.15) is 12.3 Å². The van der Waals surface area contributed by atoms with Gasteiger partial charge in [-0.3, -0.25) is 0 Å². The van der Waals surface area contributed by atoms with Gasteiger partial charge in [0.25, 0.3) is 0 Å². The molecule has 6 heteroatoms. The lowest BCUT2D eigenvalue weighted by Crippen LogP contribution is -2.30. The average molecular weight is 276 g/mol. The molecule has 0 saturated carbocycles. The molecule has 19 heavy (non-hydrogen) atoms. The van der Waals surface area contributed by atoms with E-state index in [4.69, 9.17) is 0 Å². The van der Waals surface area contributed by atoms with Gasteiger partial charge in [0.15, 0.2) is 0 Å². The topological polar surface area (TPSA) is 35.5 Å². The fraction of sp³-hybridized carbons (Fsp3) is 0.538. The molecule has 108 valence electrons. The normalized spacial score (nSPS) is 13.4. The second kappa shape index (κ2) is 6.14. The molecular formula is C13H19F3N2O. The van der Waals surface area contributed by atoms with Crippen molar-refractivity contribution in [1.82, 2.24) is 5.32 Å². The summed E-state index contributed by atoms with van der Waals surface area (Å²) in [5.41, 5.74) is 1.01. The summed E-state index contributed by atoms with van der Waals surface area (Å²) in [5, 5.41) is 13.0. The molecule has 0 saturated heterocycles. The number of anilines is 1. The van der Waals surface area contributed by atoms with Gasteiger partial charge in [0.2, 0.25) is 0 Å². The lowest BCUT2D eigenvalue weighted by molar-refractivity contribution is -0.119. The van der Waals surface area contributed by atoms with E-state index in [1.807, 2.05) is 13.8 Å². The highest BCUT2D eigenvalue weighted by Crippen LogP contribution is 2.29. The monoisotopic (exact) mass is 276 g/mol. The lowest BCUT2D eigenvalue weighted by atomic mass is 10.1. The van der Waals surface area contributed by atoms with Crippen molar-refractivity contribution in [3.05, 3.63) is 23.8 Å². The Labute approximate surface area is 111 Å². The highest BCUT2D eigenvalue weighted by Gasteiger charge is 2.29. The van der Waals surface area contributed by atoms with Crippen LogP contribution in [0.1, 0.15) is 25.5 Å². The maximum absolute atomic E-state index is 12.3. The van der Waals surface area contributed by atoms with Gasteiger partial charge in [-0.2, -0.15) is 13.2 Å². The Balaban J connectivity index is 2.87. The van der Waals surface area contributed by atoms with Crippen LogP contribution in [0.25, 0.3) is 0 Å². The van der Waals surface area contributed by atoms with Crippen LogP contribution in [0.5, 0.6) is 5.75 Å². The van der Waals surface area contributed by atoms with Crippen LogP contribution in [-0.4, -0.2) is 31.4 Å². The van der Waals surface area contributed by atoms with E-state index in [1.54, 1.807) is 12.1 Å². The number of hydrogen-bond donors (Lipinski definition) is 2. The van der Waals surface area contributed by atoms with Gasteiger partial charge in [-0.25, -0.2) is 0 Å². The number of phenols is 1. The first-order chi connectivity index (χ1) is 8.74. The van der Waals surface area contributed by atoms with E-state index in [0.717, 1.165) is 11.4 Å². The van der Waals surface area contributed by atoms with E-state index in [1.165, 1.54) is 13.1 Å². The molecular weight excluding hydrogens is 257 g/mol. The number of hydrogen-bond acceptors (Lipinski definition) is 3. The third-order valence-electron chi connectivity index (χ3n) is 2.85. The predicted octanol–water partition coefficient (Wildman–Crippen LogP) is 3.06. The zero-order valence-electron chi connectivity index (χ0n) is 11.3. The molecule has 1 aromatic rings. The molecule has 1 aromatic carbocycles. The molecule has 0 aliphatic heterocycles. The molecule has 3 nitrogen and oxygen atoms in total. The van der Waals surface area contributed by atoms with Crippen LogP contribution >= 0.6 is 0 Å². The zero-order valence-corrected chi connectivity index (χ0v) is 11.3. The zero-order chi connectivity index (χ0) is 14.6. The van der Waals surface area contributed by atoms with Crippen molar-refractivity contribution in [3.8, 4) is 5.75 Å². The van der Waals surface area contributed by atoms with Gasteiger partial charge in [0.05, 0.1) is 0 Å². The summed E-state index contributed by atoms with van der Waals surface area (Å²) in [6, 6.07) is 4.53. The Morgan fingerprint density at radius 3 is 2.47 bits per heavy atom. The maximum Gasteiger partial charge on any atom is 0.405 e. The van der Waals surface area contributed by atoms with Crippen LogP contribution in [0.3, 0.4) is 0 Å². The number of halogens is 3. The first kappa shape index (κ1) is 15.6. The summed E-state index contributed by atoms with van der Waals surface area (Å²) in [6.45, 7) is 3.53. The van der Waals surface area contributed by atoms with Gasteiger partial charge in [-0.1, -0.05) is 13.0 Å². The minimum absolute atomic E-state index is 0.0000236.